The third-order valence-corrected chi connectivity index (χ3v) is 3.06. The molecule has 2 amide bonds. The largest absolute Gasteiger partial charge is 0.481 e. The second-order valence-electron chi connectivity index (χ2n) is 4.55. The van der Waals surface area contributed by atoms with Gasteiger partial charge in [0.1, 0.15) is 0 Å². The number of nitrogens with zero attached hydrogens (tertiary/aromatic N) is 2. The summed E-state index contributed by atoms with van der Waals surface area (Å²) >= 11 is 0. The minimum atomic E-state index is -0.802. The Morgan fingerprint density at radius 2 is 2.00 bits per heavy atom. The number of carbonyl (C=O) groups is 2. The molecule has 0 atom stereocenters. The predicted octanol–water partition coefficient (Wildman–Crippen LogP) is 0.465. The highest BCUT2D eigenvalue weighted by molar-refractivity contribution is 5.79. The number of rotatable bonds is 3. The van der Waals surface area contributed by atoms with Crippen LogP contribution in [0.1, 0.15) is 12.8 Å². The maximum absolute atomic E-state index is 11.7. The molecule has 1 heterocycles. The van der Waals surface area contributed by atoms with Gasteiger partial charge in [0.05, 0.1) is 5.92 Å². The molecule has 1 saturated heterocycles. The van der Waals surface area contributed by atoms with Gasteiger partial charge in [-0.1, -0.05) is 0 Å². The van der Waals surface area contributed by atoms with Gasteiger partial charge in [0.15, 0.2) is 0 Å². The molecule has 5 nitrogen and oxygen atoms in total. The summed E-state index contributed by atoms with van der Waals surface area (Å²) in [5.74, 6) is -0.484. The van der Waals surface area contributed by atoms with Crippen molar-refractivity contribution in [1.82, 2.24) is 9.80 Å². The van der Waals surface area contributed by atoms with Crippen molar-refractivity contribution in [3.8, 4) is 0 Å². The Morgan fingerprint density at radius 3 is 2.47 bits per heavy atom. The lowest BCUT2D eigenvalue weighted by Gasteiger charge is -2.39. The van der Waals surface area contributed by atoms with E-state index in [1.54, 1.807) is 16.8 Å². The van der Waals surface area contributed by atoms with Gasteiger partial charge in [-0.05, 0) is 18.8 Å². The van der Waals surface area contributed by atoms with Gasteiger partial charge in [-0.15, -0.1) is 0 Å². The van der Waals surface area contributed by atoms with Gasteiger partial charge in [-0.25, -0.2) is 4.79 Å². The van der Waals surface area contributed by atoms with Crippen LogP contribution in [0.25, 0.3) is 0 Å². The molecule has 1 N–H and O–H groups in total. The predicted molar refractivity (Wildman–Crippen MR) is 53.4 cm³/mol. The van der Waals surface area contributed by atoms with Crippen molar-refractivity contribution in [3.63, 3.8) is 0 Å². The van der Waals surface area contributed by atoms with Crippen LogP contribution in [-0.4, -0.2) is 53.6 Å². The molecular formula is C10H16N2O3. The molecule has 1 aliphatic carbocycles. The van der Waals surface area contributed by atoms with Crippen LogP contribution in [0.15, 0.2) is 0 Å². The van der Waals surface area contributed by atoms with E-state index >= 15 is 0 Å². The van der Waals surface area contributed by atoms with Crippen LogP contribution in [0.2, 0.25) is 0 Å². The minimum Gasteiger partial charge on any atom is -0.481 e. The fraction of sp³-hybridized carbons (Fsp3) is 0.800. The monoisotopic (exact) mass is 212 g/mol. The Kier molecular flexibility index (Phi) is 2.54. The highest BCUT2D eigenvalue weighted by atomic mass is 16.4. The van der Waals surface area contributed by atoms with E-state index < -0.39 is 5.97 Å². The molecule has 0 radical (unpaired) electrons. The van der Waals surface area contributed by atoms with E-state index in [1.165, 1.54) is 12.8 Å². The fourth-order valence-electron chi connectivity index (χ4n) is 1.80. The summed E-state index contributed by atoms with van der Waals surface area (Å²) in [5.41, 5.74) is 0. The van der Waals surface area contributed by atoms with Crippen molar-refractivity contribution in [2.75, 3.05) is 26.7 Å². The number of hydrogen-bond donors (Lipinski definition) is 1. The molecular weight excluding hydrogens is 196 g/mol. The van der Waals surface area contributed by atoms with Gasteiger partial charge in [-0.2, -0.15) is 0 Å². The van der Waals surface area contributed by atoms with E-state index in [0.717, 1.165) is 6.54 Å². The second kappa shape index (κ2) is 3.72. The van der Waals surface area contributed by atoms with E-state index in [1.807, 2.05) is 0 Å². The molecule has 15 heavy (non-hydrogen) atoms. The Bertz CT molecular complexity index is 282. The summed E-state index contributed by atoms with van der Waals surface area (Å²) < 4.78 is 0. The van der Waals surface area contributed by atoms with Crippen molar-refractivity contribution < 1.29 is 14.7 Å². The van der Waals surface area contributed by atoms with E-state index in [0.29, 0.717) is 19.0 Å². The highest BCUT2D eigenvalue weighted by Gasteiger charge is 2.37. The van der Waals surface area contributed by atoms with Crippen molar-refractivity contribution in [2.24, 2.45) is 11.8 Å². The summed E-state index contributed by atoms with van der Waals surface area (Å²) in [6, 6.07) is -0.0283. The average molecular weight is 212 g/mol. The molecule has 2 fully saturated rings. The summed E-state index contributed by atoms with van der Waals surface area (Å²) in [7, 11) is 1.79. The van der Waals surface area contributed by atoms with Gasteiger partial charge in [-0.3, -0.25) is 4.79 Å². The molecule has 0 spiro atoms. The topological polar surface area (TPSA) is 60.9 Å². The van der Waals surface area contributed by atoms with Gasteiger partial charge >= 0.3 is 12.0 Å². The van der Waals surface area contributed by atoms with Crippen LogP contribution < -0.4 is 0 Å². The van der Waals surface area contributed by atoms with Gasteiger partial charge in [0.2, 0.25) is 0 Å². The lowest BCUT2D eigenvalue weighted by molar-refractivity contribution is -0.146. The number of urea groups is 1. The average Bonchev–Trinajstić information content (AvgIpc) is 2.84. The molecule has 0 aromatic heterocycles. The summed E-state index contributed by atoms with van der Waals surface area (Å²) in [5, 5.41) is 8.68. The summed E-state index contributed by atoms with van der Waals surface area (Å²) in [6.07, 6.45) is 2.44. The van der Waals surface area contributed by atoms with E-state index in [4.69, 9.17) is 5.11 Å². The molecule has 0 unspecified atom stereocenters. The van der Waals surface area contributed by atoms with Crippen molar-refractivity contribution in [2.45, 2.75) is 12.8 Å². The van der Waals surface area contributed by atoms with Gasteiger partial charge in [0, 0.05) is 26.7 Å². The van der Waals surface area contributed by atoms with Crippen molar-refractivity contribution in [1.29, 1.82) is 0 Å². The Labute approximate surface area is 88.6 Å². The molecule has 0 bridgehead atoms. The third-order valence-electron chi connectivity index (χ3n) is 3.06. The fourth-order valence-corrected chi connectivity index (χ4v) is 1.80. The number of carbonyl (C=O) groups excluding carboxylic acids is 1. The Morgan fingerprint density at radius 1 is 1.40 bits per heavy atom. The molecule has 1 aliphatic heterocycles. The molecule has 2 aliphatic rings. The zero-order chi connectivity index (χ0) is 11.0. The molecule has 5 heteroatoms. The van der Waals surface area contributed by atoms with Crippen LogP contribution in [0.5, 0.6) is 0 Å². The number of likely N-dealkylation sites (tertiary alicyclic amines) is 1. The number of carboxylic acid groups (broad SMARTS) is 1. The number of hydrogen-bond acceptors (Lipinski definition) is 2. The quantitative estimate of drug-likeness (QED) is 0.739. The van der Waals surface area contributed by atoms with Crippen LogP contribution in [-0.2, 0) is 4.79 Å². The molecule has 0 aromatic rings. The SMILES string of the molecule is CN(CC1CC1)C(=O)N1CC(C(=O)O)C1. The van der Waals surface area contributed by atoms with Crippen molar-refractivity contribution in [3.05, 3.63) is 0 Å². The minimum absolute atomic E-state index is 0.0283. The van der Waals surface area contributed by atoms with E-state index in [9.17, 15) is 9.59 Å². The van der Waals surface area contributed by atoms with Crippen LogP contribution in [0.4, 0.5) is 4.79 Å². The third kappa shape index (κ3) is 2.22. The Hall–Kier alpha value is -1.26. The van der Waals surface area contributed by atoms with E-state index in [2.05, 4.69) is 0 Å². The maximum Gasteiger partial charge on any atom is 0.319 e. The zero-order valence-electron chi connectivity index (χ0n) is 8.85. The van der Waals surface area contributed by atoms with E-state index in [-0.39, 0.29) is 11.9 Å². The molecule has 2 rings (SSSR count). The van der Waals surface area contributed by atoms with Gasteiger partial charge in [0.25, 0.3) is 0 Å². The number of carboxylic acids is 1. The molecule has 1 saturated carbocycles. The smallest absolute Gasteiger partial charge is 0.319 e. The normalized spacial score (nSPS) is 21.0. The van der Waals surface area contributed by atoms with Crippen LogP contribution in [0.3, 0.4) is 0 Å². The maximum atomic E-state index is 11.7. The second-order valence-corrected chi connectivity index (χ2v) is 4.55. The van der Waals surface area contributed by atoms with Crippen molar-refractivity contribution >= 4 is 12.0 Å². The lowest BCUT2D eigenvalue weighted by Crippen LogP contribution is -2.56. The first kappa shape index (κ1) is 10.3. The molecule has 0 aromatic carbocycles. The standard InChI is InChI=1S/C10H16N2O3/c1-11(4-7-2-3-7)10(15)12-5-8(6-12)9(13)14/h7-8H,2-6H2,1H3,(H,13,14). The highest BCUT2D eigenvalue weighted by Crippen LogP contribution is 2.30. The van der Waals surface area contributed by atoms with Crippen LogP contribution in [0, 0.1) is 11.8 Å². The number of amides is 2. The summed E-state index contributed by atoms with van der Waals surface area (Å²) in [6.45, 7) is 1.54. The first-order valence-electron chi connectivity index (χ1n) is 5.30. The number of aliphatic carboxylic acids is 1. The first-order valence-corrected chi connectivity index (χ1v) is 5.30. The van der Waals surface area contributed by atoms with Gasteiger partial charge < -0.3 is 14.9 Å². The first-order chi connectivity index (χ1) is 7.08. The van der Waals surface area contributed by atoms with Crippen LogP contribution >= 0.6 is 0 Å². The lowest BCUT2D eigenvalue weighted by atomic mass is 10.0. The summed E-state index contributed by atoms with van der Waals surface area (Å²) in [4.78, 5) is 25.6. The zero-order valence-corrected chi connectivity index (χ0v) is 8.85. The molecule has 84 valence electrons. The Balaban J connectivity index is 1.74.